The molecule has 0 bridgehead atoms. The van der Waals surface area contributed by atoms with Crippen LogP contribution in [-0.2, 0) is 6.61 Å². The minimum absolute atomic E-state index is 0.133. The third-order valence-electron chi connectivity index (χ3n) is 3.24. The Morgan fingerprint density at radius 3 is 2.67 bits per heavy atom. The van der Waals surface area contributed by atoms with E-state index in [2.05, 4.69) is 37.8 Å². The molecule has 0 aromatic heterocycles. The van der Waals surface area contributed by atoms with Crippen LogP contribution >= 0.6 is 0 Å². The van der Waals surface area contributed by atoms with Gasteiger partial charge >= 0.3 is 0 Å². The van der Waals surface area contributed by atoms with Gasteiger partial charge in [0.15, 0.2) is 0 Å². The van der Waals surface area contributed by atoms with Crippen molar-refractivity contribution in [1.82, 2.24) is 0 Å². The van der Waals surface area contributed by atoms with Crippen LogP contribution in [0.3, 0.4) is 0 Å². The molecule has 2 heteroatoms. The lowest BCUT2D eigenvalue weighted by molar-refractivity contribution is 0.305. The highest BCUT2D eigenvalue weighted by atomic mass is 16.5. The first-order valence-electron chi connectivity index (χ1n) is 7.11. The zero-order chi connectivity index (χ0) is 15.1. The molecule has 21 heavy (non-hydrogen) atoms. The Hall–Kier alpha value is -2.24. The van der Waals surface area contributed by atoms with Crippen molar-refractivity contribution in [1.29, 1.82) is 0 Å². The molecule has 0 aliphatic carbocycles. The molecule has 0 amide bonds. The van der Waals surface area contributed by atoms with E-state index in [9.17, 15) is 0 Å². The molecule has 2 aromatic rings. The summed E-state index contributed by atoms with van der Waals surface area (Å²) < 4.78 is 5.87. The number of hydrogen-bond acceptors (Lipinski definition) is 2. The zero-order valence-electron chi connectivity index (χ0n) is 12.5. The Kier molecular flexibility index (Phi) is 5.43. The molecule has 0 saturated carbocycles. The van der Waals surface area contributed by atoms with E-state index in [1.54, 1.807) is 0 Å². The van der Waals surface area contributed by atoms with Crippen LogP contribution in [0, 0.1) is 11.8 Å². The first-order valence-corrected chi connectivity index (χ1v) is 7.11. The molecule has 0 fully saturated rings. The Morgan fingerprint density at radius 1 is 1.10 bits per heavy atom. The highest BCUT2D eigenvalue weighted by molar-refractivity contribution is 5.41. The average molecular weight is 280 g/mol. The number of aliphatic hydroxyl groups is 1. The van der Waals surface area contributed by atoms with Crippen molar-refractivity contribution in [3.05, 3.63) is 65.2 Å². The summed E-state index contributed by atoms with van der Waals surface area (Å²) in [6, 6.07) is 16.0. The van der Waals surface area contributed by atoms with Gasteiger partial charge in [-0.2, -0.15) is 0 Å². The van der Waals surface area contributed by atoms with Crippen molar-refractivity contribution in [2.75, 3.05) is 6.61 Å². The molecule has 0 unspecified atom stereocenters. The fourth-order valence-electron chi connectivity index (χ4n) is 2.03. The van der Waals surface area contributed by atoms with Crippen LogP contribution < -0.4 is 4.74 Å². The van der Waals surface area contributed by atoms with Gasteiger partial charge in [0.2, 0.25) is 0 Å². The first-order chi connectivity index (χ1) is 10.2. The van der Waals surface area contributed by atoms with Crippen LogP contribution in [0.5, 0.6) is 5.75 Å². The van der Waals surface area contributed by atoms with Crippen molar-refractivity contribution in [2.45, 2.75) is 26.4 Å². The monoisotopic (exact) mass is 280 g/mol. The summed E-state index contributed by atoms with van der Waals surface area (Å²) in [5.41, 5.74) is 3.18. The van der Waals surface area contributed by atoms with Crippen LogP contribution in [0.4, 0.5) is 0 Å². The standard InChI is InChI=1S/C19H20O2/c1-15(2)17-9-5-11-19(13-17)21-14-18-8-4-3-7-16(18)10-6-12-20/h3-5,7-9,11,13,15,20H,12,14H2,1-2H3. The summed E-state index contributed by atoms with van der Waals surface area (Å²) in [6.45, 7) is 4.67. The highest BCUT2D eigenvalue weighted by Crippen LogP contribution is 2.21. The maximum absolute atomic E-state index is 8.80. The van der Waals surface area contributed by atoms with Crippen molar-refractivity contribution >= 4 is 0 Å². The molecule has 108 valence electrons. The van der Waals surface area contributed by atoms with Crippen LogP contribution in [0.2, 0.25) is 0 Å². The van der Waals surface area contributed by atoms with E-state index >= 15 is 0 Å². The molecule has 2 nitrogen and oxygen atoms in total. The van der Waals surface area contributed by atoms with Gasteiger partial charge in [-0.05, 0) is 29.7 Å². The summed E-state index contributed by atoms with van der Waals surface area (Å²) in [5.74, 6) is 6.98. The third kappa shape index (κ3) is 4.37. The fourth-order valence-corrected chi connectivity index (χ4v) is 2.03. The Balaban J connectivity index is 2.11. The molecule has 0 atom stereocenters. The molecule has 0 saturated heterocycles. The summed E-state index contributed by atoms with van der Waals surface area (Å²) in [5, 5.41) is 8.80. The lowest BCUT2D eigenvalue weighted by atomic mass is 10.0. The molecular weight excluding hydrogens is 260 g/mol. The third-order valence-corrected chi connectivity index (χ3v) is 3.24. The predicted molar refractivity (Wildman–Crippen MR) is 85.3 cm³/mol. The first kappa shape index (κ1) is 15.2. The van der Waals surface area contributed by atoms with E-state index in [-0.39, 0.29) is 6.61 Å². The van der Waals surface area contributed by atoms with Crippen LogP contribution in [0.1, 0.15) is 36.5 Å². The van der Waals surface area contributed by atoms with Gasteiger partial charge in [-0.25, -0.2) is 0 Å². The van der Waals surface area contributed by atoms with Crippen molar-refractivity contribution in [3.63, 3.8) is 0 Å². The van der Waals surface area contributed by atoms with E-state index in [4.69, 9.17) is 9.84 Å². The van der Waals surface area contributed by atoms with Crippen LogP contribution in [0.25, 0.3) is 0 Å². The quantitative estimate of drug-likeness (QED) is 0.865. The molecule has 0 aliphatic heterocycles. The van der Waals surface area contributed by atoms with Gasteiger partial charge in [0.25, 0.3) is 0 Å². The normalized spacial score (nSPS) is 10.1. The molecule has 2 rings (SSSR count). The zero-order valence-corrected chi connectivity index (χ0v) is 12.5. The summed E-state index contributed by atoms with van der Waals surface area (Å²) >= 11 is 0. The highest BCUT2D eigenvalue weighted by Gasteiger charge is 2.03. The van der Waals surface area contributed by atoms with E-state index in [0.717, 1.165) is 16.9 Å². The minimum Gasteiger partial charge on any atom is -0.489 e. The molecular formula is C19H20O2. The van der Waals surface area contributed by atoms with Crippen molar-refractivity contribution in [2.24, 2.45) is 0 Å². The molecule has 0 aliphatic rings. The lowest BCUT2D eigenvalue weighted by Crippen LogP contribution is -1.99. The average Bonchev–Trinajstić information content (AvgIpc) is 2.52. The topological polar surface area (TPSA) is 29.5 Å². The van der Waals surface area contributed by atoms with E-state index in [0.29, 0.717) is 12.5 Å². The fraction of sp³-hybridized carbons (Fsp3) is 0.263. The van der Waals surface area contributed by atoms with E-state index in [1.807, 2.05) is 36.4 Å². The number of aliphatic hydroxyl groups excluding tert-OH is 1. The molecule has 0 radical (unpaired) electrons. The van der Waals surface area contributed by atoms with E-state index < -0.39 is 0 Å². The number of benzene rings is 2. The Bertz CT molecular complexity index is 648. The largest absolute Gasteiger partial charge is 0.489 e. The summed E-state index contributed by atoms with van der Waals surface area (Å²) in [4.78, 5) is 0. The Labute approximate surface area is 126 Å². The molecule has 0 spiro atoms. The van der Waals surface area contributed by atoms with Crippen molar-refractivity contribution < 1.29 is 9.84 Å². The second-order valence-electron chi connectivity index (χ2n) is 5.13. The lowest BCUT2D eigenvalue weighted by Gasteiger charge is -2.11. The van der Waals surface area contributed by atoms with Crippen LogP contribution in [-0.4, -0.2) is 11.7 Å². The number of hydrogen-bond donors (Lipinski definition) is 1. The van der Waals surface area contributed by atoms with Gasteiger partial charge in [0.05, 0.1) is 0 Å². The van der Waals surface area contributed by atoms with Gasteiger partial charge in [-0.15, -0.1) is 0 Å². The summed E-state index contributed by atoms with van der Waals surface area (Å²) in [6.07, 6.45) is 0. The van der Waals surface area contributed by atoms with Gasteiger partial charge < -0.3 is 9.84 Å². The minimum atomic E-state index is -0.133. The summed E-state index contributed by atoms with van der Waals surface area (Å²) in [7, 11) is 0. The van der Waals surface area contributed by atoms with Gasteiger partial charge in [0, 0.05) is 11.1 Å². The second-order valence-corrected chi connectivity index (χ2v) is 5.13. The maximum atomic E-state index is 8.80. The van der Waals surface area contributed by atoms with Crippen LogP contribution in [0.15, 0.2) is 48.5 Å². The van der Waals surface area contributed by atoms with Gasteiger partial charge in [-0.3, -0.25) is 0 Å². The smallest absolute Gasteiger partial charge is 0.120 e. The van der Waals surface area contributed by atoms with Gasteiger partial charge in [0.1, 0.15) is 19.0 Å². The molecule has 0 heterocycles. The predicted octanol–water partition coefficient (Wildman–Crippen LogP) is 3.73. The van der Waals surface area contributed by atoms with E-state index in [1.165, 1.54) is 5.56 Å². The number of ether oxygens (including phenoxy) is 1. The number of rotatable bonds is 4. The second kappa shape index (κ2) is 7.52. The maximum Gasteiger partial charge on any atom is 0.120 e. The SMILES string of the molecule is CC(C)c1cccc(OCc2ccccc2C#CCO)c1. The van der Waals surface area contributed by atoms with Gasteiger partial charge in [-0.1, -0.05) is 56.0 Å². The molecule has 1 N–H and O–H groups in total. The van der Waals surface area contributed by atoms with Crippen molar-refractivity contribution in [3.8, 4) is 17.6 Å². The molecule has 2 aromatic carbocycles. The Morgan fingerprint density at radius 2 is 1.90 bits per heavy atom.